The number of aryl methyl sites for hydroxylation is 1. The van der Waals surface area contributed by atoms with Crippen molar-refractivity contribution >= 4 is 11.6 Å². The predicted molar refractivity (Wildman–Crippen MR) is 52.8 cm³/mol. The van der Waals surface area contributed by atoms with Gasteiger partial charge in [0.15, 0.2) is 0 Å². The standard InChI is InChI=1S/C9H13ClN2O/c1-7-4-9(10)8(6-12-7)5-11-2-3-13/h4,6,11,13H,2-3,5H2,1H3. The van der Waals surface area contributed by atoms with Gasteiger partial charge in [0, 0.05) is 35.6 Å². The summed E-state index contributed by atoms with van der Waals surface area (Å²) in [6.07, 6.45) is 1.75. The SMILES string of the molecule is Cc1cc(Cl)c(CNCCO)cn1. The summed E-state index contributed by atoms with van der Waals surface area (Å²) in [7, 11) is 0. The molecule has 0 aliphatic carbocycles. The number of aliphatic hydroxyl groups is 1. The van der Waals surface area contributed by atoms with Crippen LogP contribution >= 0.6 is 11.6 Å². The van der Waals surface area contributed by atoms with Crippen LogP contribution in [0.1, 0.15) is 11.3 Å². The van der Waals surface area contributed by atoms with Gasteiger partial charge < -0.3 is 10.4 Å². The zero-order chi connectivity index (χ0) is 9.68. The van der Waals surface area contributed by atoms with Crippen LogP contribution in [0.15, 0.2) is 12.3 Å². The molecule has 2 N–H and O–H groups in total. The van der Waals surface area contributed by atoms with Crippen LogP contribution in [-0.4, -0.2) is 23.2 Å². The van der Waals surface area contributed by atoms with Crippen molar-refractivity contribution in [2.24, 2.45) is 0 Å². The van der Waals surface area contributed by atoms with E-state index in [9.17, 15) is 0 Å². The van der Waals surface area contributed by atoms with Crippen molar-refractivity contribution in [2.45, 2.75) is 13.5 Å². The number of aromatic nitrogens is 1. The molecule has 4 heteroatoms. The van der Waals surface area contributed by atoms with Crippen LogP contribution in [0.2, 0.25) is 5.02 Å². The molecule has 0 atom stereocenters. The fourth-order valence-electron chi connectivity index (χ4n) is 0.987. The molecule has 0 radical (unpaired) electrons. The number of hydrogen-bond donors (Lipinski definition) is 2. The van der Waals surface area contributed by atoms with E-state index in [-0.39, 0.29) is 6.61 Å². The number of pyridine rings is 1. The molecule has 0 fully saturated rings. The highest BCUT2D eigenvalue weighted by molar-refractivity contribution is 6.31. The minimum atomic E-state index is 0.136. The maximum atomic E-state index is 8.55. The molecule has 1 aromatic rings. The van der Waals surface area contributed by atoms with Crippen molar-refractivity contribution < 1.29 is 5.11 Å². The lowest BCUT2D eigenvalue weighted by Gasteiger charge is -2.05. The fraction of sp³-hybridized carbons (Fsp3) is 0.444. The van der Waals surface area contributed by atoms with Crippen LogP contribution in [0.3, 0.4) is 0 Å². The summed E-state index contributed by atoms with van der Waals surface area (Å²) in [4.78, 5) is 4.13. The van der Waals surface area contributed by atoms with Crippen LogP contribution in [-0.2, 0) is 6.54 Å². The van der Waals surface area contributed by atoms with E-state index < -0.39 is 0 Å². The number of hydrogen-bond acceptors (Lipinski definition) is 3. The van der Waals surface area contributed by atoms with Crippen molar-refractivity contribution in [1.82, 2.24) is 10.3 Å². The Kier molecular flexibility index (Phi) is 4.15. The van der Waals surface area contributed by atoms with Gasteiger partial charge in [-0.2, -0.15) is 0 Å². The van der Waals surface area contributed by atoms with E-state index in [1.54, 1.807) is 6.20 Å². The second-order valence-electron chi connectivity index (χ2n) is 2.82. The van der Waals surface area contributed by atoms with Crippen molar-refractivity contribution in [2.75, 3.05) is 13.2 Å². The molecular formula is C9H13ClN2O. The second-order valence-corrected chi connectivity index (χ2v) is 3.22. The van der Waals surface area contributed by atoms with Gasteiger partial charge >= 0.3 is 0 Å². The maximum absolute atomic E-state index is 8.55. The highest BCUT2D eigenvalue weighted by Gasteiger charge is 1.99. The number of nitrogens with zero attached hydrogens (tertiary/aromatic N) is 1. The highest BCUT2D eigenvalue weighted by Crippen LogP contribution is 2.14. The number of halogens is 1. The summed E-state index contributed by atoms with van der Waals surface area (Å²) >= 11 is 5.97. The zero-order valence-corrected chi connectivity index (χ0v) is 8.30. The van der Waals surface area contributed by atoms with Crippen LogP contribution < -0.4 is 5.32 Å². The molecule has 13 heavy (non-hydrogen) atoms. The van der Waals surface area contributed by atoms with Crippen LogP contribution in [0.25, 0.3) is 0 Å². The van der Waals surface area contributed by atoms with E-state index in [1.165, 1.54) is 0 Å². The van der Waals surface area contributed by atoms with Gasteiger partial charge in [0.2, 0.25) is 0 Å². The average molecular weight is 201 g/mol. The van der Waals surface area contributed by atoms with Crippen LogP contribution in [0, 0.1) is 6.92 Å². The largest absolute Gasteiger partial charge is 0.395 e. The first-order valence-corrected chi connectivity index (χ1v) is 4.54. The fourth-order valence-corrected chi connectivity index (χ4v) is 1.26. The smallest absolute Gasteiger partial charge is 0.0556 e. The Labute approximate surface area is 82.8 Å². The van der Waals surface area contributed by atoms with Gasteiger partial charge in [0.05, 0.1) is 6.61 Å². The Morgan fingerprint density at radius 2 is 2.38 bits per heavy atom. The molecule has 0 aliphatic rings. The Hall–Kier alpha value is -0.640. The first-order chi connectivity index (χ1) is 6.24. The molecule has 0 unspecified atom stereocenters. The third-order valence-electron chi connectivity index (χ3n) is 1.67. The molecule has 1 rings (SSSR count). The summed E-state index contributed by atoms with van der Waals surface area (Å²) < 4.78 is 0. The number of nitrogens with one attached hydrogen (secondary N) is 1. The maximum Gasteiger partial charge on any atom is 0.0556 e. The van der Waals surface area contributed by atoms with Gasteiger partial charge in [-0.05, 0) is 13.0 Å². The van der Waals surface area contributed by atoms with Gasteiger partial charge in [0.1, 0.15) is 0 Å². The van der Waals surface area contributed by atoms with Crippen molar-refractivity contribution in [3.63, 3.8) is 0 Å². The van der Waals surface area contributed by atoms with E-state index in [1.807, 2.05) is 13.0 Å². The minimum Gasteiger partial charge on any atom is -0.395 e. The molecule has 0 saturated carbocycles. The summed E-state index contributed by atoms with van der Waals surface area (Å²) in [5, 5.41) is 12.3. The molecule has 0 spiro atoms. The molecular weight excluding hydrogens is 188 g/mol. The summed E-state index contributed by atoms with van der Waals surface area (Å²) in [5.41, 5.74) is 1.87. The van der Waals surface area contributed by atoms with Crippen molar-refractivity contribution in [3.8, 4) is 0 Å². The van der Waals surface area contributed by atoms with Crippen molar-refractivity contribution in [3.05, 3.63) is 28.5 Å². The topological polar surface area (TPSA) is 45.1 Å². The Morgan fingerprint density at radius 1 is 1.62 bits per heavy atom. The lowest BCUT2D eigenvalue weighted by Crippen LogP contribution is -2.17. The first-order valence-electron chi connectivity index (χ1n) is 4.16. The Morgan fingerprint density at radius 3 is 3.00 bits per heavy atom. The monoisotopic (exact) mass is 200 g/mol. The normalized spacial score (nSPS) is 10.4. The molecule has 0 saturated heterocycles. The number of rotatable bonds is 4. The molecule has 0 amide bonds. The summed E-state index contributed by atoms with van der Waals surface area (Å²) in [5.74, 6) is 0. The quantitative estimate of drug-likeness (QED) is 0.717. The molecule has 0 aromatic carbocycles. The minimum absolute atomic E-state index is 0.136. The van der Waals surface area contributed by atoms with Crippen LogP contribution in [0.4, 0.5) is 0 Å². The molecule has 1 heterocycles. The van der Waals surface area contributed by atoms with E-state index in [0.717, 1.165) is 16.3 Å². The van der Waals surface area contributed by atoms with Gasteiger partial charge in [-0.25, -0.2) is 0 Å². The van der Waals surface area contributed by atoms with E-state index >= 15 is 0 Å². The lowest BCUT2D eigenvalue weighted by atomic mass is 10.2. The Bertz CT molecular complexity index is 278. The molecule has 1 aromatic heterocycles. The Balaban J connectivity index is 2.56. The van der Waals surface area contributed by atoms with Gasteiger partial charge in [0.25, 0.3) is 0 Å². The number of aliphatic hydroxyl groups excluding tert-OH is 1. The molecule has 72 valence electrons. The zero-order valence-electron chi connectivity index (χ0n) is 7.55. The predicted octanol–water partition coefficient (Wildman–Crippen LogP) is 1.13. The van der Waals surface area contributed by atoms with E-state index in [4.69, 9.17) is 16.7 Å². The van der Waals surface area contributed by atoms with Crippen molar-refractivity contribution in [1.29, 1.82) is 0 Å². The van der Waals surface area contributed by atoms with Crippen LogP contribution in [0.5, 0.6) is 0 Å². The molecule has 0 bridgehead atoms. The first kappa shape index (κ1) is 10.4. The van der Waals surface area contributed by atoms with E-state index in [2.05, 4.69) is 10.3 Å². The van der Waals surface area contributed by atoms with Gasteiger partial charge in [-0.3, -0.25) is 4.98 Å². The lowest BCUT2D eigenvalue weighted by molar-refractivity contribution is 0.292. The third-order valence-corrected chi connectivity index (χ3v) is 2.02. The third kappa shape index (κ3) is 3.30. The second kappa shape index (κ2) is 5.17. The molecule has 3 nitrogen and oxygen atoms in total. The van der Waals surface area contributed by atoms with E-state index in [0.29, 0.717) is 13.1 Å². The average Bonchev–Trinajstić information content (AvgIpc) is 2.09. The highest BCUT2D eigenvalue weighted by atomic mass is 35.5. The summed E-state index contributed by atoms with van der Waals surface area (Å²) in [6, 6.07) is 1.83. The summed E-state index contributed by atoms with van der Waals surface area (Å²) in [6.45, 7) is 3.25. The molecule has 0 aliphatic heterocycles. The van der Waals surface area contributed by atoms with Gasteiger partial charge in [-0.15, -0.1) is 0 Å². The van der Waals surface area contributed by atoms with Gasteiger partial charge in [-0.1, -0.05) is 11.6 Å².